The van der Waals surface area contributed by atoms with Crippen molar-refractivity contribution in [1.29, 1.82) is 0 Å². The minimum Gasteiger partial charge on any atom is -0.400 e. The van der Waals surface area contributed by atoms with Crippen molar-refractivity contribution in [3.05, 3.63) is 39.8 Å². The van der Waals surface area contributed by atoms with Crippen molar-refractivity contribution in [1.82, 2.24) is 0 Å². The van der Waals surface area contributed by atoms with Gasteiger partial charge in [-0.25, -0.2) is 0 Å². The maximum Gasteiger partial charge on any atom is 0.491 e. The van der Waals surface area contributed by atoms with Gasteiger partial charge in [0.1, 0.15) is 0 Å². The molecule has 118 valence electrons. The fourth-order valence-corrected chi connectivity index (χ4v) is 2.38. The second kappa shape index (κ2) is 6.16. The Kier molecular flexibility index (Phi) is 4.83. The minimum atomic E-state index is -0.534. The Morgan fingerprint density at radius 2 is 1.82 bits per heavy atom. The topological polar surface area (TPSA) is 61.5 Å². The highest BCUT2D eigenvalue weighted by Gasteiger charge is 2.52. The van der Waals surface area contributed by atoms with E-state index < -0.39 is 18.3 Å². The maximum atomic E-state index is 11.2. The Morgan fingerprint density at radius 1 is 1.23 bits per heavy atom. The highest BCUT2D eigenvalue weighted by atomic mass is 35.5. The van der Waals surface area contributed by atoms with Crippen LogP contribution in [0.4, 0.5) is 0 Å². The molecule has 0 aliphatic carbocycles. The summed E-state index contributed by atoms with van der Waals surface area (Å²) >= 11 is 6.01. The van der Waals surface area contributed by atoms with Gasteiger partial charge in [0.25, 0.3) is 0 Å². The molecule has 6 heteroatoms. The first-order chi connectivity index (χ1) is 10.2. The van der Waals surface area contributed by atoms with E-state index in [9.17, 15) is 4.79 Å². The number of carbonyl (C=O) groups excluding carboxylic acids is 1. The van der Waals surface area contributed by atoms with E-state index in [1.165, 1.54) is 0 Å². The molecule has 0 saturated carbocycles. The number of benzene rings is 1. The van der Waals surface area contributed by atoms with Crippen LogP contribution in [-0.2, 0) is 9.31 Å². The van der Waals surface area contributed by atoms with Crippen LogP contribution in [-0.4, -0.2) is 31.2 Å². The summed E-state index contributed by atoms with van der Waals surface area (Å²) in [6, 6.07) is 5.09. The molecule has 1 aromatic rings. The van der Waals surface area contributed by atoms with Crippen LogP contribution in [0, 0.1) is 0 Å². The van der Waals surface area contributed by atoms with E-state index in [1.54, 1.807) is 18.2 Å². The first kappa shape index (κ1) is 17.2. The number of hydrogen-bond acceptors (Lipinski definition) is 4. The zero-order valence-corrected chi connectivity index (χ0v) is 14.1. The summed E-state index contributed by atoms with van der Waals surface area (Å²) in [5, 5.41) is 0.558. The monoisotopic (exact) mass is 321 g/mol. The maximum absolute atomic E-state index is 11.2. The third-order valence-electron chi connectivity index (χ3n) is 4.31. The fraction of sp³-hybridized carbons (Fsp3) is 0.438. The molecular formula is C16H21BClNO3. The Bertz CT molecular complexity index is 597. The Hall–Kier alpha value is -1.14. The molecule has 0 aromatic heterocycles. The summed E-state index contributed by atoms with van der Waals surface area (Å²) in [5.74, 6) is 0. The van der Waals surface area contributed by atoms with Gasteiger partial charge >= 0.3 is 7.12 Å². The van der Waals surface area contributed by atoms with E-state index in [2.05, 4.69) is 0 Å². The molecule has 0 atom stereocenters. The zero-order chi connectivity index (χ0) is 16.5. The van der Waals surface area contributed by atoms with Gasteiger partial charge in [-0.1, -0.05) is 17.7 Å². The SMILES string of the molecule is CC1(C)OB(C(=Cc2cc(Cl)ccc2C=O)CN)OC1(C)C. The predicted molar refractivity (Wildman–Crippen MR) is 90.0 cm³/mol. The minimum absolute atomic E-state index is 0.266. The molecule has 1 fully saturated rings. The summed E-state index contributed by atoms with van der Waals surface area (Å²) in [5.41, 5.74) is 7.01. The molecule has 1 aliphatic heterocycles. The summed E-state index contributed by atoms with van der Waals surface area (Å²) in [4.78, 5) is 11.2. The Morgan fingerprint density at radius 3 is 2.32 bits per heavy atom. The molecule has 0 bridgehead atoms. The number of hydrogen-bond donors (Lipinski definition) is 1. The number of halogens is 1. The number of carbonyl (C=O) groups is 1. The lowest BCUT2D eigenvalue weighted by molar-refractivity contribution is 0.00578. The lowest BCUT2D eigenvalue weighted by Gasteiger charge is -2.32. The third-order valence-corrected chi connectivity index (χ3v) is 4.54. The van der Waals surface area contributed by atoms with E-state index in [-0.39, 0.29) is 6.54 Å². The molecule has 2 N–H and O–H groups in total. The van der Waals surface area contributed by atoms with Crippen molar-refractivity contribution in [3.63, 3.8) is 0 Å². The molecule has 22 heavy (non-hydrogen) atoms. The standard InChI is InChI=1S/C16H21BClNO3/c1-15(2)16(3,4)22-17(21-15)13(9-19)7-12-8-14(18)6-5-11(12)10-20/h5-8,10H,9,19H2,1-4H3. The van der Waals surface area contributed by atoms with Gasteiger partial charge in [0, 0.05) is 17.1 Å². The summed E-state index contributed by atoms with van der Waals surface area (Å²) < 4.78 is 12.0. The van der Waals surface area contributed by atoms with Crippen LogP contribution in [0.2, 0.25) is 5.02 Å². The molecule has 1 heterocycles. The molecule has 1 aliphatic rings. The highest BCUT2D eigenvalue weighted by Crippen LogP contribution is 2.38. The van der Waals surface area contributed by atoms with Gasteiger partial charge in [0.15, 0.2) is 6.29 Å². The van der Waals surface area contributed by atoms with Crippen molar-refractivity contribution in [2.45, 2.75) is 38.9 Å². The van der Waals surface area contributed by atoms with E-state index in [0.717, 1.165) is 11.8 Å². The smallest absolute Gasteiger partial charge is 0.400 e. The summed E-state index contributed by atoms with van der Waals surface area (Å²) in [6.07, 6.45) is 2.61. The van der Waals surface area contributed by atoms with Crippen molar-refractivity contribution in [2.75, 3.05) is 6.54 Å². The van der Waals surface area contributed by atoms with Crippen LogP contribution in [0.25, 0.3) is 6.08 Å². The van der Waals surface area contributed by atoms with Crippen molar-refractivity contribution >= 4 is 31.1 Å². The molecule has 0 unspecified atom stereocenters. The van der Waals surface area contributed by atoms with Gasteiger partial charge in [0.05, 0.1) is 11.2 Å². The summed E-state index contributed by atoms with van der Waals surface area (Å²) in [6.45, 7) is 8.20. The van der Waals surface area contributed by atoms with Crippen LogP contribution < -0.4 is 5.73 Å². The molecule has 1 saturated heterocycles. The number of nitrogens with two attached hydrogens (primary N) is 1. The second-order valence-corrected chi connectivity index (χ2v) is 6.84. The van der Waals surface area contributed by atoms with Crippen LogP contribution in [0.3, 0.4) is 0 Å². The van der Waals surface area contributed by atoms with E-state index in [4.69, 9.17) is 26.6 Å². The normalized spacial score (nSPS) is 20.3. The molecule has 0 amide bonds. The van der Waals surface area contributed by atoms with E-state index in [0.29, 0.717) is 16.1 Å². The molecule has 0 spiro atoms. The average molecular weight is 322 g/mol. The van der Waals surface area contributed by atoms with Gasteiger partial charge in [-0.2, -0.15) is 0 Å². The quantitative estimate of drug-likeness (QED) is 0.683. The molecular weight excluding hydrogens is 300 g/mol. The Labute approximate surface area is 136 Å². The van der Waals surface area contributed by atoms with Crippen molar-refractivity contribution in [3.8, 4) is 0 Å². The fourth-order valence-electron chi connectivity index (χ4n) is 2.20. The molecule has 1 aromatic carbocycles. The zero-order valence-electron chi connectivity index (χ0n) is 13.4. The molecule has 2 rings (SSSR count). The first-order valence-corrected chi connectivity index (χ1v) is 7.59. The third kappa shape index (κ3) is 3.28. The average Bonchev–Trinajstić information content (AvgIpc) is 2.64. The number of aldehydes is 1. The first-order valence-electron chi connectivity index (χ1n) is 7.21. The second-order valence-electron chi connectivity index (χ2n) is 6.40. The van der Waals surface area contributed by atoms with Gasteiger partial charge in [-0.3, -0.25) is 4.79 Å². The van der Waals surface area contributed by atoms with Crippen molar-refractivity contribution < 1.29 is 14.1 Å². The van der Waals surface area contributed by atoms with Crippen LogP contribution >= 0.6 is 11.6 Å². The summed E-state index contributed by atoms with van der Waals surface area (Å²) in [7, 11) is -0.534. The highest BCUT2D eigenvalue weighted by molar-refractivity contribution is 6.56. The van der Waals surface area contributed by atoms with Gasteiger partial charge < -0.3 is 15.0 Å². The van der Waals surface area contributed by atoms with Crippen LogP contribution in [0.15, 0.2) is 23.7 Å². The van der Waals surface area contributed by atoms with Crippen LogP contribution in [0.5, 0.6) is 0 Å². The van der Waals surface area contributed by atoms with Crippen molar-refractivity contribution in [2.24, 2.45) is 5.73 Å². The molecule has 4 nitrogen and oxygen atoms in total. The van der Waals surface area contributed by atoms with E-state index in [1.807, 2.05) is 33.8 Å². The molecule has 0 radical (unpaired) electrons. The predicted octanol–water partition coefficient (Wildman–Crippen LogP) is 3.13. The lowest BCUT2D eigenvalue weighted by atomic mass is 9.77. The van der Waals surface area contributed by atoms with Gasteiger partial charge in [-0.15, -0.1) is 0 Å². The largest absolute Gasteiger partial charge is 0.491 e. The van der Waals surface area contributed by atoms with Crippen LogP contribution in [0.1, 0.15) is 43.6 Å². The van der Waals surface area contributed by atoms with Gasteiger partial charge in [0.2, 0.25) is 0 Å². The number of rotatable bonds is 4. The Balaban J connectivity index is 2.38. The van der Waals surface area contributed by atoms with Gasteiger partial charge in [-0.05, 0) is 56.9 Å². The van der Waals surface area contributed by atoms with E-state index >= 15 is 0 Å². The lowest BCUT2D eigenvalue weighted by Crippen LogP contribution is -2.41.